The third-order valence-electron chi connectivity index (χ3n) is 4.29. The highest BCUT2D eigenvalue weighted by molar-refractivity contribution is 5.87. The Hall–Kier alpha value is -3.21. The van der Waals surface area contributed by atoms with E-state index in [4.69, 9.17) is 10.7 Å². The van der Waals surface area contributed by atoms with Crippen molar-refractivity contribution in [2.75, 3.05) is 5.73 Å². The number of nitrogens with two attached hydrogens (primary N) is 1. The van der Waals surface area contributed by atoms with E-state index in [1.54, 1.807) is 0 Å². The van der Waals surface area contributed by atoms with Gasteiger partial charge in [0.25, 0.3) is 0 Å². The van der Waals surface area contributed by atoms with Gasteiger partial charge in [-0.1, -0.05) is 42.5 Å². The minimum absolute atomic E-state index is 0.533. The molecule has 2 N–H and O–H groups in total. The van der Waals surface area contributed by atoms with Crippen LogP contribution >= 0.6 is 0 Å². The molecule has 0 amide bonds. The molecule has 124 valence electrons. The Balaban J connectivity index is 1.57. The lowest BCUT2D eigenvalue weighted by Gasteiger charge is -2.05. The molecule has 25 heavy (non-hydrogen) atoms. The van der Waals surface area contributed by atoms with E-state index in [0.717, 1.165) is 40.2 Å². The molecule has 2 aromatic carbocycles. The average Bonchev–Trinajstić information content (AvgIpc) is 3.02. The predicted octanol–water partition coefficient (Wildman–Crippen LogP) is 3.40. The zero-order valence-corrected chi connectivity index (χ0v) is 14.1. The molecule has 5 heteroatoms. The number of para-hydroxylation sites is 1. The standard InChI is InChI=1S/C20H19N5/c1-25-13-17(14-7-3-2-4-8-14)23-19(25)12-11-18-22-16-10-6-5-9-15(16)20(21)24-18/h2-10,13H,11-12H2,1H3,(H2,21,22,24). The molecule has 0 aliphatic rings. The Bertz CT molecular complexity index is 1020. The Morgan fingerprint density at radius 1 is 0.880 bits per heavy atom. The number of anilines is 1. The van der Waals surface area contributed by atoms with Crippen molar-refractivity contribution in [2.45, 2.75) is 12.8 Å². The van der Waals surface area contributed by atoms with Crippen LogP contribution in [-0.2, 0) is 19.9 Å². The van der Waals surface area contributed by atoms with Crippen LogP contribution in [0.2, 0.25) is 0 Å². The highest BCUT2D eigenvalue weighted by Crippen LogP contribution is 2.20. The molecule has 2 heterocycles. The summed E-state index contributed by atoms with van der Waals surface area (Å²) in [4.78, 5) is 13.8. The van der Waals surface area contributed by atoms with E-state index >= 15 is 0 Å². The average molecular weight is 329 g/mol. The molecule has 2 aromatic heterocycles. The smallest absolute Gasteiger partial charge is 0.135 e. The molecule has 4 aromatic rings. The van der Waals surface area contributed by atoms with Crippen molar-refractivity contribution in [2.24, 2.45) is 7.05 Å². The van der Waals surface area contributed by atoms with E-state index in [-0.39, 0.29) is 0 Å². The third-order valence-corrected chi connectivity index (χ3v) is 4.29. The largest absolute Gasteiger partial charge is 0.383 e. The summed E-state index contributed by atoms with van der Waals surface area (Å²) in [6, 6.07) is 18.0. The second kappa shape index (κ2) is 6.36. The van der Waals surface area contributed by atoms with Gasteiger partial charge < -0.3 is 10.3 Å². The SMILES string of the molecule is Cn1cc(-c2ccccc2)nc1CCc1nc(N)c2ccccc2n1. The summed E-state index contributed by atoms with van der Waals surface area (Å²) in [6.07, 6.45) is 3.52. The van der Waals surface area contributed by atoms with Crippen LogP contribution in [0.25, 0.3) is 22.2 Å². The lowest BCUT2D eigenvalue weighted by atomic mass is 10.2. The van der Waals surface area contributed by atoms with E-state index in [0.29, 0.717) is 12.2 Å². The number of hydrogen-bond donors (Lipinski definition) is 1. The van der Waals surface area contributed by atoms with E-state index in [2.05, 4.69) is 32.9 Å². The molecule has 0 fully saturated rings. The molecular formula is C20H19N5. The zero-order valence-electron chi connectivity index (χ0n) is 14.1. The maximum atomic E-state index is 6.06. The van der Waals surface area contributed by atoms with E-state index in [9.17, 15) is 0 Å². The first-order valence-corrected chi connectivity index (χ1v) is 8.29. The maximum absolute atomic E-state index is 6.06. The summed E-state index contributed by atoms with van der Waals surface area (Å²) in [5.74, 6) is 2.29. The van der Waals surface area contributed by atoms with E-state index in [1.165, 1.54) is 0 Å². The first kappa shape index (κ1) is 15.3. The number of fused-ring (bicyclic) bond motifs is 1. The Morgan fingerprint density at radius 3 is 2.48 bits per heavy atom. The monoisotopic (exact) mass is 329 g/mol. The Morgan fingerprint density at radius 2 is 1.64 bits per heavy atom. The van der Waals surface area contributed by atoms with Crippen LogP contribution in [0.1, 0.15) is 11.6 Å². The summed E-state index contributed by atoms with van der Waals surface area (Å²) in [6.45, 7) is 0. The summed E-state index contributed by atoms with van der Waals surface area (Å²) in [5, 5.41) is 0.898. The van der Waals surface area contributed by atoms with Crippen LogP contribution in [0.4, 0.5) is 5.82 Å². The van der Waals surface area contributed by atoms with Gasteiger partial charge in [0.1, 0.15) is 17.5 Å². The molecule has 0 saturated heterocycles. The number of benzene rings is 2. The van der Waals surface area contributed by atoms with Crippen molar-refractivity contribution in [3.05, 3.63) is 72.4 Å². The molecule has 0 saturated carbocycles. The lowest BCUT2D eigenvalue weighted by molar-refractivity contribution is 0.751. The number of nitrogens with zero attached hydrogens (tertiary/aromatic N) is 4. The van der Waals surface area contributed by atoms with E-state index < -0.39 is 0 Å². The number of nitrogen functional groups attached to an aromatic ring is 1. The lowest BCUT2D eigenvalue weighted by Crippen LogP contribution is -2.05. The van der Waals surface area contributed by atoms with Crippen LogP contribution < -0.4 is 5.73 Å². The summed E-state index contributed by atoms with van der Waals surface area (Å²) < 4.78 is 2.06. The number of aromatic nitrogens is 4. The zero-order chi connectivity index (χ0) is 17.2. The molecule has 0 aliphatic carbocycles. The number of hydrogen-bond acceptors (Lipinski definition) is 4. The van der Waals surface area contributed by atoms with Crippen LogP contribution in [0.15, 0.2) is 60.8 Å². The molecule has 0 radical (unpaired) electrons. The number of aryl methyl sites for hydroxylation is 3. The van der Waals surface area contributed by atoms with Gasteiger partial charge in [0, 0.05) is 37.0 Å². The van der Waals surface area contributed by atoms with Crippen LogP contribution in [-0.4, -0.2) is 19.5 Å². The van der Waals surface area contributed by atoms with Crippen LogP contribution in [0, 0.1) is 0 Å². The van der Waals surface area contributed by atoms with Gasteiger partial charge in [-0.05, 0) is 12.1 Å². The second-order valence-electron chi connectivity index (χ2n) is 6.06. The summed E-state index contributed by atoms with van der Waals surface area (Å²) in [5.41, 5.74) is 9.05. The first-order valence-electron chi connectivity index (χ1n) is 8.29. The number of rotatable bonds is 4. The molecule has 0 bridgehead atoms. The highest BCUT2D eigenvalue weighted by atomic mass is 15.0. The molecule has 0 aliphatic heterocycles. The van der Waals surface area contributed by atoms with Gasteiger partial charge in [-0.15, -0.1) is 0 Å². The van der Waals surface area contributed by atoms with E-state index in [1.807, 2.05) is 49.5 Å². The van der Waals surface area contributed by atoms with Crippen molar-refractivity contribution in [3.63, 3.8) is 0 Å². The fraction of sp³-hybridized carbons (Fsp3) is 0.150. The molecule has 5 nitrogen and oxygen atoms in total. The quantitative estimate of drug-likeness (QED) is 0.623. The van der Waals surface area contributed by atoms with Gasteiger partial charge in [-0.25, -0.2) is 15.0 Å². The minimum Gasteiger partial charge on any atom is -0.383 e. The topological polar surface area (TPSA) is 69.6 Å². The molecule has 0 atom stereocenters. The van der Waals surface area contributed by atoms with Crippen molar-refractivity contribution in [1.82, 2.24) is 19.5 Å². The van der Waals surface area contributed by atoms with Crippen molar-refractivity contribution in [3.8, 4) is 11.3 Å². The van der Waals surface area contributed by atoms with Gasteiger partial charge >= 0.3 is 0 Å². The first-order chi connectivity index (χ1) is 12.2. The Kier molecular flexibility index (Phi) is 3.90. The van der Waals surface area contributed by atoms with Gasteiger partial charge in [0.15, 0.2) is 0 Å². The fourth-order valence-electron chi connectivity index (χ4n) is 2.97. The van der Waals surface area contributed by atoms with Crippen LogP contribution in [0.5, 0.6) is 0 Å². The highest BCUT2D eigenvalue weighted by Gasteiger charge is 2.10. The normalized spacial score (nSPS) is 11.1. The van der Waals surface area contributed by atoms with Crippen LogP contribution in [0.3, 0.4) is 0 Å². The second-order valence-corrected chi connectivity index (χ2v) is 6.06. The van der Waals surface area contributed by atoms with Gasteiger partial charge in [0.2, 0.25) is 0 Å². The van der Waals surface area contributed by atoms with Crippen molar-refractivity contribution >= 4 is 16.7 Å². The fourth-order valence-corrected chi connectivity index (χ4v) is 2.97. The molecule has 0 unspecified atom stereocenters. The summed E-state index contributed by atoms with van der Waals surface area (Å²) >= 11 is 0. The van der Waals surface area contributed by atoms with Gasteiger partial charge in [-0.3, -0.25) is 0 Å². The predicted molar refractivity (Wildman–Crippen MR) is 100 cm³/mol. The van der Waals surface area contributed by atoms with Gasteiger partial charge in [0.05, 0.1) is 11.2 Å². The Labute approximate surface area is 146 Å². The van der Waals surface area contributed by atoms with Crippen molar-refractivity contribution in [1.29, 1.82) is 0 Å². The maximum Gasteiger partial charge on any atom is 0.135 e. The molecule has 0 spiro atoms. The van der Waals surface area contributed by atoms with Gasteiger partial charge in [-0.2, -0.15) is 0 Å². The molecule has 4 rings (SSSR count). The minimum atomic E-state index is 0.533. The van der Waals surface area contributed by atoms with Crippen molar-refractivity contribution < 1.29 is 0 Å². The molecular weight excluding hydrogens is 310 g/mol. The number of imidazole rings is 1. The summed E-state index contributed by atoms with van der Waals surface area (Å²) in [7, 11) is 2.02. The third kappa shape index (κ3) is 3.08.